The summed E-state index contributed by atoms with van der Waals surface area (Å²) in [5.74, 6) is 2.10. The molecule has 2 atom stereocenters. The normalized spacial score (nSPS) is 22.1. The zero-order chi connectivity index (χ0) is 18.1. The summed E-state index contributed by atoms with van der Waals surface area (Å²) in [5.41, 5.74) is 5.51. The molecule has 1 aliphatic carbocycles. The first kappa shape index (κ1) is 17.8. The van der Waals surface area contributed by atoms with Gasteiger partial charge in [0.05, 0.1) is 12.6 Å². The van der Waals surface area contributed by atoms with Crippen LogP contribution in [0.5, 0.6) is 0 Å². The van der Waals surface area contributed by atoms with Crippen LogP contribution >= 0.6 is 0 Å². The van der Waals surface area contributed by atoms with Crippen molar-refractivity contribution >= 4 is 11.8 Å². The van der Waals surface area contributed by atoms with Gasteiger partial charge in [-0.15, -0.1) is 10.2 Å². The fraction of sp³-hybridized carbons (Fsp3) is 0.765. The van der Waals surface area contributed by atoms with Gasteiger partial charge in [0.25, 0.3) is 0 Å². The Hall–Kier alpha value is -1.96. The van der Waals surface area contributed by atoms with Gasteiger partial charge in [-0.05, 0) is 25.7 Å². The lowest BCUT2D eigenvalue weighted by atomic mass is 10.2. The number of hydrogen-bond donors (Lipinski definition) is 1. The van der Waals surface area contributed by atoms with E-state index in [1.165, 1.54) is 12.8 Å². The van der Waals surface area contributed by atoms with Crippen LogP contribution in [0.4, 0.5) is 0 Å². The molecule has 0 spiro atoms. The Kier molecular flexibility index (Phi) is 5.08. The predicted molar refractivity (Wildman–Crippen MR) is 92.5 cm³/mol. The Morgan fingerprint density at radius 2 is 2.04 bits per heavy atom. The number of nitrogens with two attached hydrogens (primary N) is 1. The third-order valence-electron chi connectivity index (χ3n) is 5.45. The van der Waals surface area contributed by atoms with Crippen molar-refractivity contribution in [3.8, 4) is 0 Å². The molecule has 1 aliphatic heterocycles. The fourth-order valence-electron chi connectivity index (χ4n) is 3.80. The van der Waals surface area contributed by atoms with Crippen LogP contribution in [0.3, 0.4) is 0 Å². The number of likely N-dealkylation sites (tertiary alicyclic amines) is 1. The van der Waals surface area contributed by atoms with E-state index in [9.17, 15) is 9.59 Å². The highest BCUT2D eigenvalue weighted by Crippen LogP contribution is 2.38. The maximum atomic E-state index is 12.2. The molecule has 3 rings (SSSR count). The molecule has 1 saturated carbocycles. The minimum Gasteiger partial charge on any atom is -0.368 e. The van der Waals surface area contributed by atoms with Crippen LogP contribution < -0.4 is 5.73 Å². The lowest BCUT2D eigenvalue weighted by molar-refractivity contribution is -0.131. The van der Waals surface area contributed by atoms with E-state index in [0.29, 0.717) is 25.4 Å². The molecule has 25 heavy (non-hydrogen) atoms. The number of primary amides is 1. The number of hydrogen-bond acceptors (Lipinski definition) is 5. The quantitative estimate of drug-likeness (QED) is 0.768. The molecular weight excluding hydrogens is 320 g/mol. The average Bonchev–Trinajstić information content (AvgIpc) is 3.17. The van der Waals surface area contributed by atoms with Gasteiger partial charge in [0, 0.05) is 39.0 Å². The molecule has 138 valence electrons. The van der Waals surface area contributed by atoms with E-state index in [1.54, 1.807) is 6.92 Å². The van der Waals surface area contributed by atoms with Gasteiger partial charge in [0.2, 0.25) is 11.8 Å². The van der Waals surface area contributed by atoms with Crippen LogP contribution in [0, 0.1) is 0 Å². The van der Waals surface area contributed by atoms with Crippen LogP contribution in [0.25, 0.3) is 0 Å². The number of rotatable bonds is 7. The third kappa shape index (κ3) is 3.68. The molecule has 1 aromatic heterocycles. The molecule has 8 heteroatoms. The Morgan fingerprint density at radius 3 is 2.60 bits per heavy atom. The van der Waals surface area contributed by atoms with Crippen molar-refractivity contribution in [3.05, 3.63) is 11.6 Å². The monoisotopic (exact) mass is 348 g/mol. The van der Waals surface area contributed by atoms with Gasteiger partial charge in [-0.3, -0.25) is 14.5 Å². The van der Waals surface area contributed by atoms with Crippen LogP contribution in [-0.4, -0.2) is 61.6 Å². The number of amides is 2. The van der Waals surface area contributed by atoms with Crippen molar-refractivity contribution in [2.24, 2.45) is 12.8 Å². The minimum absolute atomic E-state index is 0.0231. The molecule has 2 heterocycles. The van der Waals surface area contributed by atoms with Crippen molar-refractivity contribution in [1.82, 2.24) is 24.6 Å². The van der Waals surface area contributed by atoms with Crippen molar-refractivity contribution in [3.63, 3.8) is 0 Å². The van der Waals surface area contributed by atoms with Crippen molar-refractivity contribution < 1.29 is 9.59 Å². The first-order valence-electron chi connectivity index (χ1n) is 9.11. The second-order valence-electron chi connectivity index (χ2n) is 7.22. The zero-order valence-corrected chi connectivity index (χ0v) is 15.3. The lowest BCUT2D eigenvalue weighted by Gasteiger charge is -2.29. The summed E-state index contributed by atoms with van der Waals surface area (Å²) in [5, 5.41) is 8.60. The van der Waals surface area contributed by atoms with Gasteiger partial charge < -0.3 is 15.2 Å². The standard InChI is InChI=1S/C17H28N6O2/c1-4-14(16(18)25)22-8-7-13(9-22)23(11(2)24)10-15-19-20-17(21(15)3)12-5-6-12/h12-14H,4-10H2,1-3H3,(H2,18,25). The summed E-state index contributed by atoms with van der Waals surface area (Å²) in [6.45, 7) is 5.46. The van der Waals surface area contributed by atoms with Gasteiger partial charge in [-0.1, -0.05) is 6.92 Å². The van der Waals surface area contributed by atoms with E-state index in [0.717, 1.165) is 24.6 Å². The maximum absolute atomic E-state index is 12.2. The van der Waals surface area contributed by atoms with E-state index in [-0.39, 0.29) is 23.9 Å². The van der Waals surface area contributed by atoms with Gasteiger partial charge in [-0.2, -0.15) is 0 Å². The lowest BCUT2D eigenvalue weighted by Crippen LogP contribution is -2.46. The van der Waals surface area contributed by atoms with Gasteiger partial charge in [0.1, 0.15) is 5.82 Å². The molecule has 2 fully saturated rings. The largest absolute Gasteiger partial charge is 0.368 e. The van der Waals surface area contributed by atoms with Crippen molar-refractivity contribution in [2.45, 2.75) is 64.1 Å². The van der Waals surface area contributed by atoms with E-state index in [2.05, 4.69) is 15.1 Å². The average molecular weight is 348 g/mol. The summed E-state index contributed by atoms with van der Waals surface area (Å²) in [4.78, 5) is 27.8. The first-order valence-corrected chi connectivity index (χ1v) is 9.11. The molecule has 2 unspecified atom stereocenters. The van der Waals surface area contributed by atoms with E-state index in [4.69, 9.17) is 5.73 Å². The highest BCUT2D eigenvalue weighted by atomic mass is 16.2. The summed E-state index contributed by atoms with van der Waals surface area (Å²) in [7, 11) is 1.97. The highest BCUT2D eigenvalue weighted by molar-refractivity contribution is 5.79. The van der Waals surface area contributed by atoms with Crippen molar-refractivity contribution in [2.75, 3.05) is 13.1 Å². The number of nitrogens with zero attached hydrogens (tertiary/aromatic N) is 5. The van der Waals surface area contributed by atoms with E-state index in [1.807, 2.05) is 23.4 Å². The molecule has 8 nitrogen and oxygen atoms in total. The molecule has 1 aromatic rings. The molecule has 0 aromatic carbocycles. The van der Waals surface area contributed by atoms with Crippen LogP contribution in [0.15, 0.2) is 0 Å². The van der Waals surface area contributed by atoms with Crippen LogP contribution in [-0.2, 0) is 23.2 Å². The van der Waals surface area contributed by atoms with E-state index >= 15 is 0 Å². The highest BCUT2D eigenvalue weighted by Gasteiger charge is 2.35. The molecule has 2 aliphatic rings. The second-order valence-corrected chi connectivity index (χ2v) is 7.22. The minimum atomic E-state index is -0.292. The molecular formula is C17H28N6O2. The summed E-state index contributed by atoms with van der Waals surface area (Å²) >= 11 is 0. The first-order chi connectivity index (χ1) is 11.9. The van der Waals surface area contributed by atoms with E-state index < -0.39 is 0 Å². The Morgan fingerprint density at radius 1 is 1.32 bits per heavy atom. The fourth-order valence-corrected chi connectivity index (χ4v) is 3.80. The number of carbonyl (C=O) groups excluding carboxylic acids is 2. The van der Waals surface area contributed by atoms with Crippen LogP contribution in [0.1, 0.15) is 57.1 Å². The Balaban J connectivity index is 1.70. The molecule has 2 N–H and O–H groups in total. The summed E-state index contributed by atoms with van der Waals surface area (Å²) in [6, 6.07) is -0.179. The number of aromatic nitrogens is 3. The Labute approximate surface area is 148 Å². The second kappa shape index (κ2) is 7.11. The topological polar surface area (TPSA) is 97.3 Å². The molecule has 2 amide bonds. The third-order valence-corrected chi connectivity index (χ3v) is 5.45. The summed E-state index contributed by atoms with van der Waals surface area (Å²) in [6.07, 6.45) is 3.88. The molecule has 0 radical (unpaired) electrons. The predicted octanol–water partition coefficient (Wildman–Crippen LogP) is 0.379. The van der Waals surface area contributed by atoms with Gasteiger partial charge >= 0.3 is 0 Å². The number of carbonyl (C=O) groups is 2. The molecule has 0 bridgehead atoms. The smallest absolute Gasteiger partial charge is 0.234 e. The van der Waals surface area contributed by atoms with Gasteiger partial charge in [0.15, 0.2) is 5.82 Å². The molecule has 1 saturated heterocycles. The SMILES string of the molecule is CCC(C(N)=O)N1CCC(N(Cc2nnc(C3CC3)n2C)C(C)=O)C1. The van der Waals surface area contributed by atoms with Crippen LogP contribution in [0.2, 0.25) is 0 Å². The van der Waals surface area contributed by atoms with Crippen molar-refractivity contribution in [1.29, 1.82) is 0 Å². The summed E-state index contributed by atoms with van der Waals surface area (Å²) < 4.78 is 2.03. The Bertz CT molecular complexity index is 654. The van der Waals surface area contributed by atoms with Gasteiger partial charge in [-0.25, -0.2) is 0 Å². The zero-order valence-electron chi connectivity index (χ0n) is 15.3. The maximum Gasteiger partial charge on any atom is 0.234 e.